The molecule has 0 spiro atoms. The van der Waals surface area contributed by atoms with Crippen molar-refractivity contribution < 1.29 is 59.6 Å². The number of carbonyl (C=O) groups excluding carboxylic acids is 3. The van der Waals surface area contributed by atoms with E-state index in [0.717, 1.165) is 0 Å². The third kappa shape index (κ3) is 4.24. The second kappa shape index (κ2) is 8.43. The van der Waals surface area contributed by atoms with Crippen LogP contribution >= 0.6 is 0 Å². The van der Waals surface area contributed by atoms with Crippen LogP contribution in [0.5, 0.6) is 0 Å². The molecule has 0 bridgehead atoms. The maximum Gasteiger partial charge on any atom is 0.379 e. The minimum atomic E-state index is -2.45. The van der Waals surface area contributed by atoms with Crippen LogP contribution < -0.4 is 0 Å². The van der Waals surface area contributed by atoms with Gasteiger partial charge in [0, 0.05) is 0 Å². The summed E-state index contributed by atoms with van der Waals surface area (Å²) in [5.41, 5.74) is 0. The molecule has 1 aliphatic heterocycles. The van der Waals surface area contributed by atoms with Crippen LogP contribution in [0.25, 0.3) is 0 Å². The van der Waals surface area contributed by atoms with Crippen LogP contribution in [0.3, 0.4) is 0 Å². The van der Waals surface area contributed by atoms with Gasteiger partial charge in [-0.05, 0) is 0 Å². The topological polar surface area (TPSA) is 211 Å². The van der Waals surface area contributed by atoms with Gasteiger partial charge in [0.05, 0.1) is 13.2 Å². The van der Waals surface area contributed by atoms with Gasteiger partial charge < -0.3 is 45.2 Å². The summed E-state index contributed by atoms with van der Waals surface area (Å²) in [6, 6.07) is 0. The highest BCUT2D eigenvalue weighted by molar-refractivity contribution is 6.37. The number of rotatable bonds is 8. The molecule has 0 saturated carbocycles. The summed E-state index contributed by atoms with van der Waals surface area (Å²) >= 11 is 0. The van der Waals surface area contributed by atoms with Crippen molar-refractivity contribution in [2.24, 2.45) is 0 Å². The van der Waals surface area contributed by atoms with E-state index in [1.165, 1.54) is 0 Å². The molecule has 1 heterocycles. The van der Waals surface area contributed by atoms with E-state index in [1.807, 2.05) is 0 Å². The van der Waals surface area contributed by atoms with Crippen molar-refractivity contribution in [1.29, 1.82) is 0 Å². The van der Waals surface area contributed by atoms with Gasteiger partial charge in [-0.3, -0.25) is 4.79 Å². The summed E-state index contributed by atoms with van der Waals surface area (Å²) in [5.74, 6) is -4.46. The lowest BCUT2D eigenvalue weighted by atomic mass is 10.0. The number of aliphatic hydroxyl groups excluding tert-OH is 7. The molecule has 0 aromatic carbocycles. The summed E-state index contributed by atoms with van der Waals surface area (Å²) < 4.78 is 8.95. The Bertz CT molecular complexity index is 479. The Morgan fingerprint density at radius 3 is 2.12 bits per heavy atom. The van der Waals surface area contributed by atoms with E-state index in [2.05, 4.69) is 9.47 Å². The zero-order chi connectivity index (χ0) is 18.6. The number of hydrogen-bond donors (Lipinski definition) is 7. The van der Waals surface area contributed by atoms with Gasteiger partial charge in [0.1, 0.15) is 24.4 Å². The molecule has 12 nitrogen and oxygen atoms in total. The zero-order valence-corrected chi connectivity index (χ0v) is 12.1. The van der Waals surface area contributed by atoms with Crippen molar-refractivity contribution >= 4 is 17.7 Å². The number of ketones is 1. The van der Waals surface area contributed by atoms with Gasteiger partial charge >= 0.3 is 11.9 Å². The van der Waals surface area contributed by atoms with Crippen molar-refractivity contribution in [1.82, 2.24) is 0 Å². The molecule has 0 aromatic heterocycles. The highest BCUT2D eigenvalue weighted by Gasteiger charge is 2.50. The molecular formula is C12H18O12. The second-order valence-electron chi connectivity index (χ2n) is 5.02. The largest absolute Gasteiger partial charge is 0.449 e. The predicted octanol–water partition coefficient (Wildman–Crippen LogP) is -5.82. The standard InChI is InChI=1S/C12H18O12/c13-1-3(15)5(17)6(18)7(19)11(21)24-10-8(20)12(22)23-9(10)4(16)2-14/h3-7,9-10,13-19H,1-2H2/t3-,4+,5+,6+,7-,9-,10?/m1/s1. The summed E-state index contributed by atoms with van der Waals surface area (Å²) in [5, 5.41) is 64.5. The average molecular weight is 354 g/mol. The average Bonchev–Trinajstić information content (AvgIpc) is 2.86. The molecule has 0 radical (unpaired) electrons. The van der Waals surface area contributed by atoms with E-state index in [9.17, 15) is 34.8 Å². The second-order valence-corrected chi connectivity index (χ2v) is 5.02. The molecule has 7 atom stereocenters. The fourth-order valence-electron chi connectivity index (χ4n) is 1.87. The monoisotopic (exact) mass is 354 g/mol. The summed E-state index contributed by atoms with van der Waals surface area (Å²) in [7, 11) is 0. The summed E-state index contributed by atoms with van der Waals surface area (Å²) in [6.45, 7) is -1.90. The van der Waals surface area contributed by atoms with Crippen molar-refractivity contribution in [3.63, 3.8) is 0 Å². The first kappa shape index (κ1) is 20.4. The number of carbonyl (C=O) groups is 3. The molecule has 1 aliphatic rings. The Morgan fingerprint density at radius 2 is 1.62 bits per heavy atom. The zero-order valence-electron chi connectivity index (χ0n) is 12.1. The van der Waals surface area contributed by atoms with E-state index < -0.39 is 73.7 Å². The number of ether oxygens (including phenoxy) is 2. The molecule has 0 aromatic rings. The molecule has 0 aliphatic carbocycles. The van der Waals surface area contributed by atoms with Crippen molar-refractivity contribution in [2.75, 3.05) is 13.2 Å². The van der Waals surface area contributed by atoms with Crippen LogP contribution in [0.2, 0.25) is 0 Å². The molecule has 138 valence electrons. The Hall–Kier alpha value is -1.67. The molecule has 1 rings (SSSR count). The minimum absolute atomic E-state index is 0.925. The van der Waals surface area contributed by atoms with Crippen molar-refractivity contribution in [3.05, 3.63) is 0 Å². The van der Waals surface area contributed by atoms with Crippen LogP contribution in [-0.4, -0.2) is 109 Å². The van der Waals surface area contributed by atoms with E-state index in [-0.39, 0.29) is 0 Å². The SMILES string of the molecule is O=C1O[C@H]([C@@H](O)CO)C(OC(=O)[C@H](O)[C@@H](O)[C@@H](O)[C@H](O)CO)C1=O. The van der Waals surface area contributed by atoms with Gasteiger partial charge in [0.15, 0.2) is 12.2 Å². The molecule has 0 amide bonds. The first-order valence-corrected chi connectivity index (χ1v) is 6.73. The lowest BCUT2D eigenvalue weighted by molar-refractivity contribution is -0.181. The fourth-order valence-corrected chi connectivity index (χ4v) is 1.87. The first-order chi connectivity index (χ1) is 11.1. The molecule has 24 heavy (non-hydrogen) atoms. The van der Waals surface area contributed by atoms with Crippen LogP contribution in [-0.2, 0) is 23.9 Å². The minimum Gasteiger partial charge on any atom is -0.449 e. The van der Waals surface area contributed by atoms with Crippen LogP contribution in [0.15, 0.2) is 0 Å². The highest BCUT2D eigenvalue weighted by Crippen LogP contribution is 2.20. The van der Waals surface area contributed by atoms with Crippen LogP contribution in [0.4, 0.5) is 0 Å². The fraction of sp³-hybridized carbons (Fsp3) is 0.750. The van der Waals surface area contributed by atoms with Gasteiger partial charge in [-0.25, -0.2) is 9.59 Å². The molecule has 1 saturated heterocycles. The normalized spacial score (nSPS) is 27.1. The number of cyclic esters (lactones) is 1. The van der Waals surface area contributed by atoms with Gasteiger partial charge in [0.2, 0.25) is 6.10 Å². The van der Waals surface area contributed by atoms with Gasteiger partial charge in [-0.2, -0.15) is 0 Å². The quantitative estimate of drug-likeness (QED) is 0.160. The molecule has 7 N–H and O–H groups in total. The van der Waals surface area contributed by atoms with Gasteiger partial charge in [0.25, 0.3) is 5.78 Å². The lowest BCUT2D eigenvalue weighted by Crippen LogP contribution is -2.51. The smallest absolute Gasteiger partial charge is 0.379 e. The molecule has 1 fully saturated rings. The van der Waals surface area contributed by atoms with Crippen molar-refractivity contribution in [2.45, 2.75) is 42.7 Å². The van der Waals surface area contributed by atoms with Crippen LogP contribution in [0, 0.1) is 0 Å². The Labute approximate surface area is 134 Å². The Balaban J connectivity index is 2.80. The number of aliphatic hydroxyl groups is 7. The first-order valence-electron chi connectivity index (χ1n) is 6.73. The van der Waals surface area contributed by atoms with E-state index in [4.69, 9.17) is 15.3 Å². The van der Waals surface area contributed by atoms with Crippen molar-refractivity contribution in [3.8, 4) is 0 Å². The number of hydrogen-bond acceptors (Lipinski definition) is 12. The number of Topliss-reactive ketones (excluding diaryl/α,β-unsaturated/α-hetero) is 1. The third-order valence-corrected chi connectivity index (χ3v) is 3.31. The highest BCUT2D eigenvalue weighted by atomic mass is 16.6. The predicted molar refractivity (Wildman–Crippen MR) is 69.0 cm³/mol. The maximum atomic E-state index is 11.7. The van der Waals surface area contributed by atoms with Crippen LogP contribution in [0.1, 0.15) is 0 Å². The molecule has 12 heteroatoms. The third-order valence-electron chi connectivity index (χ3n) is 3.31. The van der Waals surface area contributed by atoms with E-state index >= 15 is 0 Å². The van der Waals surface area contributed by atoms with E-state index in [0.29, 0.717) is 0 Å². The Morgan fingerprint density at radius 1 is 1.04 bits per heavy atom. The Kier molecular flexibility index (Phi) is 7.16. The number of esters is 2. The molecular weight excluding hydrogens is 336 g/mol. The molecule has 1 unspecified atom stereocenters. The lowest BCUT2D eigenvalue weighted by Gasteiger charge is -2.26. The summed E-state index contributed by atoms with van der Waals surface area (Å²) in [6.07, 6.45) is -14.2. The summed E-state index contributed by atoms with van der Waals surface area (Å²) in [4.78, 5) is 34.4. The maximum absolute atomic E-state index is 11.7. The van der Waals surface area contributed by atoms with Gasteiger partial charge in [-0.15, -0.1) is 0 Å². The van der Waals surface area contributed by atoms with E-state index in [1.54, 1.807) is 0 Å². The van der Waals surface area contributed by atoms with Gasteiger partial charge in [-0.1, -0.05) is 0 Å².